The summed E-state index contributed by atoms with van der Waals surface area (Å²) in [4.78, 5) is 15.1. The zero-order valence-corrected chi connectivity index (χ0v) is 16.8. The van der Waals surface area contributed by atoms with Crippen molar-refractivity contribution in [1.29, 1.82) is 0 Å². The number of hydrogen-bond acceptors (Lipinski definition) is 2. The van der Waals surface area contributed by atoms with E-state index in [0.29, 0.717) is 11.9 Å². The number of carbonyl (C=O) groups is 1. The molecule has 2 heterocycles. The van der Waals surface area contributed by atoms with E-state index in [9.17, 15) is 4.79 Å². The number of piperidine rings is 1. The van der Waals surface area contributed by atoms with Crippen LogP contribution in [-0.2, 0) is 17.9 Å². The average Bonchev–Trinajstić information content (AvgIpc) is 3.29. The number of fused-ring (bicyclic) bond motifs is 1. The zero-order valence-electron chi connectivity index (χ0n) is 16.8. The predicted molar refractivity (Wildman–Crippen MR) is 111 cm³/mol. The van der Waals surface area contributed by atoms with Crippen LogP contribution in [0.2, 0.25) is 0 Å². The lowest BCUT2D eigenvalue weighted by Gasteiger charge is -2.32. The van der Waals surface area contributed by atoms with Crippen LogP contribution in [0, 0.1) is 12.8 Å². The molecule has 1 amide bonds. The van der Waals surface area contributed by atoms with Crippen molar-refractivity contribution in [3.8, 4) is 0 Å². The molecule has 146 valence electrons. The molecule has 2 fully saturated rings. The summed E-state index contributed by atoms with van der Waals surface area (Å²) in [5, 5.41) is 4.68. The summed E-state index contributed by atoms with van der Waals surface area (Å²) in [6.07, 6.45) is 6.87. The topological polar surface area (TPSA) is 37.3 Å². The van der Waals surface area contributed by atoms with E-state index in [1.165, 1.54) is 47.8 Å². The first-order valence-electron chi connectivity index (χ1n) is 10.8. The average molecular weight is 368 g/mol. The number of aromatic nitrogens is 1. The van der Waals surface area contributed by atoms with Crippen LogP contribution >= 0.6 is 0 Å². The summed E-state index contributed by atoms with van der Waals surface area (Å²) in [5.74, 6) is 0.514. The maximum absolute atomic E-state index is 12.6. The summed E-state index contributed by atoms with van der Waals surface area (Å²) in [6, 6.07) is 9.20. The third-order valence-electron chi connectivity index (χ3n) is 6.72. The summed E-state index contributed by atoms with van der Waals surface area (Å²) in [6.45, 7) is 8.52. The number of amides is 1. The Balaban J connectivity index is 1.39. The van der Waals surface area contributed by atoms with Crippen LogP contribution in [0.5, 0.6) is 0 Å². The van der Waals surface area contributed by atoms with E-state index in [2.05, 4.69) is 52.9 Å². The summed E-state index contributed by atoms with van der Waals surface area (Å²) >= 11 is 0. The largest absolute Gasteiger partial charge is 0.353 e. The molecule has 4 heteroatoms. The van der Waals surface area contributed by atoms with Gasteiger partial charge in [-0.3, -0.25) is 9.69 Å². The summed E-state index contributed by atoms with van der Waals surface area (Å²) in [5.41, 5.74) is 4.19. The van der Waals surface area contributed by atoms with Crippen molar-refractivity contribution < 1.29 is 4.79 Å². The van der Waals surface area contributed by atoms with Gasteiger partial charge in [-0.25, -0.2) is 0 Å². The first-order chi connectivity index (χ1) is 13.2. The zero-order chi connectivity index (χ0) is 18.8. The van der Waals surface area contributed by atoms with Crippen molar-refractivity contribution in [2.75, 3.05) is 13.1 Å². The predicted octanol–water partition coefficient (Wildman–Crippen LogP) is 4.24. The molecule has 2 aliphatic rings. The van der Waals surface area contributed by atoms with Crippen LogP contribution in [-0.4, -0.2) is 34.5 Å². The molecule has 0 unspecified atom stereocenters. The molecule has 1 aromatic heterocycles. The molecule has 2 aromatic rings. The van der Waals surface area contributed by atoms with E-state index < -0.39 is 0 Å². The van der Waals surface area contributed by atoms with Crippen molar-refractivity contribution in [2.24, 2.45) is 5.92 Å². The number of para-hydroxylation sites is 1. The maximum atomic E-state index is 12.6. The second-order valence-corrected chi connectivity index (χ2v) is 8.37. The van der Waals surface area contributed by atoms with E-state index in [1.807, 2.05) is 0 Å². The molecule has 4 rings (SSSR count). The minimum atomic E-state index is 0.208. The molecular weight excluding hydrogens is 334 g/mol. The van der Waals surface area contributed by atoms with Crippen LogP contribution in [0.25, 0.3) is 10.9 Å². The highest BCUT2D eigenvalue weighted by Gasteiger charge is 2.28. The molecular formula is C23H33N3O. The summed E-state index contributed by atoms with van der Waals surface area (Å²) in [7, 11) is 0. The van der Waals surface area contributed by atoms with Crippen LogP contribution in [0.4, 0.5) is 0 Å². The number of carbonyl (C=O) groups excluding carboxylic acids is 1. The lowest BCUT2D eigenvalue weighted by atomic mass is 9.95. The van der Waals surface area contributed by atoms with Crippen molar-refractivity contribution in [2.45, 2.75) is 71.5 Å². The van der Waals surface area contributed by atoms with Crippen molar-refractivity contribution in [3.63, 3.8) is 0 Å². The molecule has 1 aromatic carbocycles. The second kappa shape index (κ2) is 8.05. The Labute approximate surface area is 162 Å². The van der Waals surface area contributed by atoms with Gasteiger partial charge in [0.25, 0.3) is 0 Å². The van der Waals surface area contributed by atoms with E-state index in [0.717, 1.165) is 39.0 Å². The van der Waals surface area contributed by atoms with Gasteiger partial charge in [0.05, 0.1) is 0 Å². The van der Waals surface area contributed by atoms with Gasteiger partial charge in [0.1, 0.15) is 0 Å². The van der Waals surface area contributed by atoms with E-state index in [4.69, 9.17) is 0 Å². The van der Waals surface area contributed by atoms with Gasteiger partial charge in [0, 0.05) is 41.6 Å². The summed E-state index contributed by atoms with van der Waals surface area (Å²) < 4.78 is 2.42. The van der Waals surface area contributed by atoms with Crippen molar-refractivity contribution in [3.05, 3.63) is 35.5 Å². The molecule has 0 atom stereocenters. The molecule has 0 radical (unpaired) electrons. The standard InChI is InChI=1S/C23H33N3O/c1-3-26-17(2)21(20-10-6-7-11-22(20)26)16-25-14-12-18(13-15-25)23(27)24-19-8-4-5-9-19/h6-7,10-11,18-19H,3-5,8-9,12-16H2,1-2H3,(H,24,27). The minimum absolute atomic E-state index is 0.208. The third kappa shape index (κ3) is 3.77. The second-order valence-electron chi connectivity index (χ2n) is 8.37. The Morgan fingerprint density at radius 1 is 1.11 bits per heavy atom. The van der Waals surface area contributed by atoms with Crippen molar-refractivity contribution in [1.82, 2.24) is 14.8 Å². The highest BCUT2D eigenvalue weighted by atomic mass is 16.1. The minimum Gasteiger partial charge on any atom is -0.353 e. The van der Waals surface area contributed by atoms with Gasteiger partial charge < -0.3 is 9.88 Å². The van der Waals surface area contributed by atoms with Crippen LogP contribution < -0.4 is 5.32 Å². The molecule has 27 heavy (non-hydrogen) atoms. The van der Waals surface area contributed by atoms with Crippen LogP contribution in [0.3, 0.4) is 0 Å². The van der Waals surface area contributed by atoms with E-state index >= 15 is 0 Å². The van der Waals surface area contributed by atoms with Gasteiger partial charge in [-0.1, -0.05) is 31.0 Å². The Bertz CT molecular complexity index is 795. The molecule has 1 N–H and O–H groups in total. The number of likely N-dealkylation sites (tertiary alicyclic amines) is 1. The van der Waals surface area contributed by atoms with Crippen LogP contribution in [0.1, 0.15) is 56.7 Å². The Morgan fingerprint density at radius 3 is 2.52 bits per heavy atom. The molecule has 1 aliphatic heterocycles. The molecule has 1 saturated heterocycles. The smallest absolute Gasteiger partial charge is 0.223 e. The van der Waals surface area contributed by atoms with Gasteiger partial charge in [0.15, 0.2) is 0 Å². The van der Waals surface area contributed by atoms with Crippen LogP contribution in [0.15, 0.2) is 24.3 Å². The molecule has 0 bridgehead atoms. The normalized spacial score (nSPS) is 19.8. The number of nitrogens with one attached hydrogen (secondary N) is 1. The molecule has 1 aliphatic carbocycles. The van der Waals surface area contributed by atoms with Gasteiger partial charge in [-0.05, 0) is 64.3 Å². The lowest BCUT2D eigenvalue weighted by Crippen LogP contribution is -2.43. The Kier molecular flexibility index (Phi) is 5.53. The highest BCUT2D eigenvalue weighted by Crippen LogP contribution is 2.29. The SMILES string of the molecule is CCn1c(C)c(CN2CCC(C(=O)NC3CCCC3)CC2)c2ccccc21. The third-order valence-corrected chi connectivity index (χ3v) is 6.72. The monoisotopic (exact) mass is 367 g/mol. The fourth-order valence-electron chi connectivity index (χ4n) is 5.08. The van der Waals surface area contributed by atoms with Crippen molar-refractivity contribution >= 4 is 16.8 Å². The maximum Gasteiger partial charge on any atom is 0.223 e. The Hall–Kier alpha value is -1.81. The highest BCUT2D eigenvalue weighted by molar-refractivity contribution is 5.85. The van der Waals surface area contributed by atoms with E-state index in [-0.39, 0.29) is 5.92 Å². The number of nitrogens with zero attached hydrogens (tertiary/aromatic N) is 2. The fourth-order valence-corrected chi connectivity index (χ4v) is 5.08. The molecule has 0 spiro atoms. The quantitative estimate of drug-likeness (QED) is 0.858. The fraction of sp³-hybridized carbons (Fsp3) is 0.609. The number of benzene rings is 1. The number of aryl methyl sites for hydroxylation is 1. The first kappa shape index (κ1) is 18.5. The number of rotatable bonds is 5. The number of hydrogen-bond donors (Lipinski definition) is 1. The Morgan fingerprint density at radius 2 is 1.81 bits per heavy atom. The van der Waals surface area contributed by atoms with Gasteiger partial charge in [-0.15, -0.1) is 0 Å². The van der Waals surface area contributed by atoms with Gasteiger partial charge in [-0.2, -0.15) is 0 Å². The van der Waals surface area contributed by atoms with Gasteiger partial charge >= 0.3 is 0 Å². The lowest BCUT2D eigenvalue weighted by molar-refractivity contribution is -0.127. The first-order valence-corrected chi connectivity index (χ1v) is 10.8. The van der Waals surface area contributed by atoms with Gasteiger partial charge in [0.2, 0.25) is 5.91 Å². The molecule has 4 nitrogen and oxygen atoms in total. The van der Waals surface area contributed by atoms with E-state index in [1.54, 1.807) is 0 Å². The molecule has 1 saturated carbocycles.